The molecule has 12 aromatic rings. The lowest BCUT2D eigenvalue weighted by atomic mass is 9.65. The minimum absolute atomic E-state index is 0.0128. The van der Waals surface area contributed by atoms with Crippen molar-refractivity contribution in [3.8, 4) is 23.0 Å². The average Bonchev–Trinajstić information content (AvgIpc) is 0.716. The lowest BCUT2D eigenvalue weighted by molar-refractivity contribution is -0.110. The molecule has 0 amide bonds. The summed E-state index contributed by atoms with van der Waals surface area (Å²) in [5, 5.41) is 56.3. The quantitative estimate of drug-likeness (QED) is 0.0139. The van der Waals surface area contributed by atoms with E-state index in [9.17, 15) is 19.8 Å². The SMILES string of the molecule is CCCCCCCCCCCCOc1ccc(B2N=c3c(=C4C(=O)C(c5ccc6cccc7c6c5NB(c5ccc(OCCCCCCCCCCCC)cc5)N7)=C4O)ccc4cccc(c34)N2)cc1.CCOc1ccc(B2N=c3c(=C4C(=O)C(c5ccc6cccc7c6c5NB(c5ccc(OCC)cc5)N7)=C4O)ccc4cccc(c34)N2)cc1. The Morgan fingerprint density at radius 3 is 0.950 bits per heavy atom. The molecule has 8 N–H and O–H groups in total. The summed E-state index contributed by atoms with van der Waals surface area (Å²) < 4.78 is 23.6. The first kappa shape index (κ1) is 80.1. The Kier molecular flexibility index (Phi) is 24.7. The number of Topliss-reactive ketones (excluding diaryl/α,β-unsaturated/α-hetero) is 2. The fourth-order valence-electron chi connectivity index (χ4n) is 18.0. The lowest BCUT2D eigenvalue weighted by Crippen LogP contribution is -2.48. The van der Waals surface area contributed by atoms with Gasteiger partial charge in [-0.15, -0.1) is 0 Å². The Hall–Kier alpha value is -12.3. The number of aliphatic hydroxyl groups excluding tert-OH is 2. The maximum Gasteiger partial charge on any atom is 0.427 e. The maximum absolute atomic E-state index is 14.6. The molecule has 16 nitrogen and oxygen atoms in total. The fraction of sp³-hybridized carbons (Fsp3) is 0.280. The molecule has 6 aliphatic rings. The van der Waals surface area contributed by atoms with E-state index >= 15 is 0 Å². The molecule has 0 aromatic heterocycles. The zero-order chi connectivity index (χ0) is 82.0. The van der Waals surface area contributed by atoms with Crippen molar-refractivity contribution in [1.82, 2.24) is 0 Å². The van der Waals surface area contributed by atoms with Crippen molar-refractivity contribution in [3.05, 3.63) is 262 Å². The van der Waals surface area contributed by atoms with Crippen LogP contribution in [0.1, 0.15) is 167 Å². The molecular weight excluding hydrogens is 1480 g/mol. The number of hydrogen-bond donors (Lipinski definition) is 8. The Labute approximate surface area is 704 Å². The number of carbonyl (C=O) groups excluding carboxylic acids is 2. The van der Waals surface area contributed by atoms with Crippen molar-refractivity contribution in [2.45, 2.75) is 156 Å². The van der Waals surface area contributed by atoms with E-state index in [2.05, 4.69) is 99.8 Å². The molecule has 0 fully saturated rings. The summed E-state index contributed by atoms with van der Waals surface area (Å²) in [6.45, 7) is 9.78. The predicted molar refractivity (Wildman–Crippen MR) is 499 cm³/mol. The van der Waals surface area contributed by atoms with Gasteiger partial charge in [-0.25, -0.2) is 0 Å². The van der Waals surface area contributed by atoms with Crippen LogP contribution in [0.3, 0.4) is 0 Å². The van der Waals surface area contributed by atoms with Gasteiger partial charge in [0.1, 0.15) is 34.5 Å². The van der Waals surface area contributed by atoms with Gasteiger partial charge in [-0.3, -0.25) is 9.59 Å². The van der Waals surface area contributed by atoms with Crippen molar-refractivity contribution < 1.29 is 38.7 Å². The van der Waals surface area contributed by atoms with Crippen molar-refractivity contribution >= 4 is 161 Å². The third-order valence-electron chi connectivity index (χ3n) is 24.3. The molecule has 0 saturated heterocycles. The normalized spacial score (nSPS) is 15.0. The highest BCUT2D eigenvalue weighted by atomic mass is 16.5. The molecule has 0 atom stereocenters. The van der Waals surface area contributed by atoms with Gasteiger partial charge in [-0.05, 0) is 143 Å². The Balaban J connectivity index is 0.000000180. The van der Waals surface area contributed by atoms with Crippen LogP contribution in [0, 0.1) is 0 Å². The average molecular weight is 1590 g/mol. The Morgan fingerprint density at radius 2 is 0.608 bits per heavy atom. The van der Waals surface area contributed by atoms with Gasteiger partial charge in [0.2, 0.25) is 11.6 Å². The van der Waals surface area contributed by atoms with Crippen molar-refractivity contribution in [3.63, 3.8) is 0 Å². The van der Waals surface area contributed by atoms with Gasteiger partial charge in [0.25, 0.3) is 0 Å². The number of rotatable bonds is 34. The summed E-state index contributed by atoms with van der Waals surface area (Å²) in [5.41, 5.74) is 11.9. The number of anilines is 6. The largest absolute Gasteiger partial charge is 0.506 e. The second kappa shape index (κ2) is 36.9. The Bertz CT molecular complexity index is 6190. The third kappa shape index (κ3) is 16.7. The first-order valence-corrected chi connectivity index (χ1v) is 43.9. The summed E-state index contributed by atoms with van der Waals surface area (Å²) in [5.74, 6) is 2.86. The first-order valence-electron chi connectivity index (χ1n) is 43.9. The number of benzene rings is 12. The topological polar surface area (TPSA) is 208 Å². The zero-order valence-electron chi connectivity index (χ0n) is 69.3. The number of ether oxygens (including phenoxy) is 4. The van der Waals surface area contributed by atoms with Crippen molar-refractivity contribution in [1.29, 1.82) is 0 Å². The van der Waals surface area contributed by atoms with E-state index in [4.69, 9.17) is 28.8 Å². The second-order valence-electron chi connectivity index (χ2n) is 32.4. The van der Waals surface area contributed by atoms with Crippen LogP contribution in [0.2, 0.25) is 0 Å². The number of unbranched alkanes of at least 4 members (excludes halogenated alkanes) is 18. The highest BCUT2D eigenvalue weighted by Gasteiger charge is 2.42. The van der Waals surface area contributed by atoms with Crippen LogP contribution < -0.4 is 93.3 Å². The Morgan fingerprint density at radius 1 is 0.300 bits per heavy atom. The smallest absolute Gasteiger partial charge is 0.427 e. The minimum atomic E-state index is -0.390. The molecule has 604 valence electrons. The van der Waals surface area contributed by atoms with E-state index < -0.39 is 0 Å². The van der Waals surface area contributed by atoms with E-state index in [1.165, 1.54) is 116 Å². The molecular formula is C100H104B4N8O8. The summed E-state index contributed by atoms with van der Waals surface area (Å²) >= 11 is 0. The monoisotopic (exact) mass is 1590 g/mol. The van der Waals surface area contributed by atoms with Crippen LogP contribution in [-0.2, 0) is 9.59 Å². The van der Waals surface area contributed by atoms with Crippen LogP contribution >= 0.6 is 0 Å². The highest BCUT2D eigenvalue weighted by molar-refractivity contribution is 6.81. The highest BCUT2D eigenvalue weighted by Crippen LogP contribution is 2.47. The van der Waals surface area contributed by atoms with Gasteiger partial charge in [-0.1, -0.05) is 275 Å². The molecule has 18 rings (SSSR count). The molecule has 0 bridgehead atoms. The molecule has 12 aromatic carbocycles. The van der Waals surface area contributed by atoms with Crippen LogP contribution in [0.5, 0.6) is 23.0 Å². The van der Waals surface area contributed by atoms with Crippen LogP contribution in [-0.4, -0.2) is 76.1 Å². The number of aliphatic hydroxyl groups is 2. The molecule has 0 spiro atoms. The fourth-order valence-corrected chi connectivity index (χ4v) is 18.0. The lowest BCUT2D eigenvalue weighted by Gasteiger charge is -2.31. The predicted octanol–water partition coefficient (Wildman–Crippen LogP) is 18.1. The number of ketones is 2. The third-order valence-corrected chi connectivity index (χ3v) is 24.3. The standard InChI is InChI=1S/C60H72B2N4O4.C40H32B2N4O4/c1-3-5-7-9-11-13-15-17-19-21-41-69-47-35-31-45(32-36-47)61-63-51-27-23-25-43-29-39-49(57(65-61)53(43)51)55-59(67)56(60(55)68)50-40-30-44-26-24-28-52-54(44)58(50)66-62(64-52)46-33-37-48(38-34-46)70-42-22-20-18-16-14-12-10-8-6-4-2;1-3-49-27-17-13-25(14-18-27)41-43-31-9-5-7-23-11-21-29(37(45-41)33(23)31)35-39(47)36(40(35)48)30-22-12-24-8-6-10-32-34(24)38(30)46-42(44-32)26-15-19-28(20-16-26)50-4-2/h23-40,63-65,67H,3-22,41-42H2,1-2H3;5-22,43-45,47H,3-4H2,1-2H3. The summed E-state index contributed by atoms with van der Waals surface area (Å²) in [6, 6.07) is 72.6. The number of carbonyl (C=O) groups is 2. The minimum Gasteiger partial charge on any atom is -0.506 e. The number of nitrogens with zero attached hydrogens (tertiary/aromatic N) is 2. The molecule has 120 heavy (non-hydrogen) atoms. The van der Waals surface area contributed by atoms with E-state index in [0.29, 0.717) is 68.8 Å². The molecule has 2 aliphatic carbocycles. The van der Waals surface area contributed by atoms with Crippen molar-refractivity contribution in [2.24, 2.45) is 9.81 Å². The number of hydrogen-bond acceptors (Lipinski definition) is 16. The van der Waals surface area contributed by atoms with Crippen LogP contribution in [0.15, 0.2) is 240 Å². The molecule has 4 heterocycles. The van der Waals surface area contributed by atoms with E-state index in [1.807, 2.05) is 178 Å². The molecule has 20 heteroatoms. The number of allylic oxidation sites excluding steroid dienone is 4. The summed E-state index contributed by atoms with van der Waals surface area (Å²) in [7, 11) is 0. The maximum atomic E-state index is 14.6. The van der Waals surface area contributed by atoms with Crippen LogP contribution in [0.25, 0.3) is 65.4 Å². The van der Waals surface area contributed by atoms with Crippen molar-refractivity contribution in [2.75, 3.05) is 57.8 Å². The zero-order valence-corrected chi connectivity index (χ0v) is 69.3. The summed E-state index contributed by atoms with van der Waals surface area (Å²) in [6.07, 6.45) is 26.0. The van der Waals surface area contributed by atoms with E-state index in [1.54, 1.807) is 0 Å². The first-order chi connectivity index (χ1) is 59.0. The molecule has 0 radical (unpaired) electrons. The molecule has 4 aliphatic heterocycles. The van der Waals surface area contributed by atoms with Gasteiger partial charge >= 0.3 is 27.9 Å². The molecule has 0 unspecified atom stereocenters. The van der Waals surface area contributed by atoms with Crippen LogP contribution in [0.4, 0.5) is 34.1 Å². The van der Waals surface area contributed by atoms with Gasteiger partial charge in [0, 0.05) is 77.2 Å². The molecule has 0 saturated carbocycles. The van der Waals surface area contributed by atoms with E-state index in [-0.39, 0.29) is 56.6 Å². The van der Waals surface area contributed by atoms with E-state index in [0.717, 1.165) is 142 Å². The van der Waals surface area contributed by atoms with Gasteiger partial charge < -0.3 is 70.3 Å². The van der Waals surface area contributed by atoms with Gasteiger partial charge in [0.05, 0.1) is 59.4 Å². The van der Waals surface area contributed by atoms with Gasteiger partial charge in [0.15, 0.2) is 0 Å². The second-order valence-corrected chi connectivity index (χ2v) is 32.4. The van der Waals surface area contributed by atoms with Gasteiger partial charge in [-0.2, -0.15) is 0 Å². The number of nitrogens with one attached hydrogen (secondary N) is 6. The summed E-state index contributed by atoms with van der Waals surface area (Å²) in [4.78, 5) is 39.3.